The second-order valence-electron chi connectivity index (χ2n) is 5.28. The summed E-state index contributed by atoms with van der Waals surface area (Å²) in [5, 5.41) is 8.61. The third kappa shape index (κ3) is 4.28. The molecule has 1 aliphatic heterocycles. The summed E-state index contributed by atoms with van der Waals surface area (Å²) in [6.45, 7) is 6.39. The average molecular weight is 297 g/mol. The maximum absolute atomic E-state index is 11.2. The summed E-state index contributed by atoms with van der Waals surface area (Å²) in [5.74, 6) is 0. The van der Waals surface area contributed by atoms with Gasteiger partial charge in [-0.05, 0) is 50.2 Å². The van der Waals surface area contributed by atoms with Crippen LogP contribution in [-0.2, 0) is 16.6 Å². The van der Waals surface area contributed by atoms with Gasteiger partial charge >= 0.3 is 0 Å². The predicted molar refractivity (Wildman–Crippen MR) is 79.8 cm³/mol. The number of primary sulfonamides is 1. The molecule has 0 bridgehead atoms. The molecular weight excluding hydrogens is 274 g/mol. The zero-order valence-corrected chi connectivity index (χ0v) is 12.7. The van der Waals surface area contributed by atoms with E-state index < -0.39 is 10.0 Å². The van der Waals surface area contributed by atoms with Gasteiger partial charge in [-0.1, -0.05) is 19.1 Å². The van der Waals surface area contributed by atoms with Crippen molar-refractivity contribution in [3.05, 3.63) is 29.8 Å². The molecule has 1 heterocycles. The first-order valence-corrected chi connectivity index (χ1v) is 8.61. The zero-order valence-electron chi connectivity index (χ0n) is 11.9. The fourth-order valence-electron chi connectivity index (χ4n) is 2.51. The Morgan fingerprint density at radius 1 is 1.25 bits per heavy atom. The van der Waals surface area contributed by atoms with Crippen molar-refractivity contribution in [3.63, 3.8) is 0 Å². The number of benzene rings is 1. The normalized spacial score (nSPS) is 18.3. The van der Waals surface area contributed by atoms with Gasteiger partial charge < -0.3 is 10.2 Å². The lowest BCUT2D eigenvalue weighted by atomic mass is 10.0. The van der Waals surface area contributed by atoms with Gasteiger partial charge in [0.05, 0.1) is 4.90 Å². The van der Waals surface area contributed by atoms with Gasteiger partial charge in [0, 0.05) is 12.6 Å². The van der Waals surface area contributed by atoms with Crippen LogP contribution in [0.3, 0.4) is 0 Å². The van der Waals surface area contributed by atoms with Gasteiger partial charge in [0.1, 0.15) is 0 Å². The van der Waals surface area contributed by atoms with E-state index in [1.165, 1.54) is 12.8 Å². The van der Waals surface area contributed by atoms with Crippen molar-refractivity contribution in [2.75, 3.05) is 19.6 Å². The lowest BCUT2D eigenvalue weighted by Crippen LogP contribution is -2.42. The minimum Gasteiger partial charge on any atom is -0.310 e. The van der Waals surface area contributed by atoms with Crippen LogP contribution in [0.2, 0.25) is 0 Å². The van der Waals surface area contributed by atoms with Crippen LogP contribution in [0.5, 0.6) is 0 Å². The Kier molecular flexibility index (Phi) is 5.15. The number of hydrogen-bond donors (Lipinski definition) is 2. The van der Waals surface area contributed by atoms with E-state index in [0.717, 1.165) is 31.7 Å². The number of piperidine rings is 1. The summed E-state index contributed by atoms with van der Waals surface area (Å²) in [5.41, 5.74) is 1.08. The maximum atomic E-state index is 11.2. The molecule has 20 heavy (non-hydrogen) atoms. The Labute approximate surface area is 121 Å². The third-order valence-corrected chi connectivity index (χ3v) is 4.81. The number of nitrogens with two attached hydrogens (primary N) is 1. The fourth-order valence-corrected chi connectivity index (χ4v) is 3.03. The van der Waals surface area contributed by atoms with Gasteiger partial charge in [0.15, 0.2) is 0 Å². The highest BCUT2D eigenvalue weighted by Gasteiger charge is 2.17. The van der Waals surface area contributed by atoms with Crippen LogP contribution < -0.4 is 10.5 Å². The van der Waals surface area contributed by atoms with Crippen LogP contribution in [0.25, 0.3) is 0 Å². The van der Waals surface area contributed by atoms with Crippen molar-refractivity contribution in [3.8, 4) is 0 Å². The Morgan fingerprint density at radius 2 is 1.85 bits per heavy atom. The smallest absolute Gasteiger partial charge is 0.238 e. The summed E-state index contributed by atoms with van der Waals surface area (Å²) in [6.07, 6.45) is 2.34. The van der Waals surface area contributed by atoms with Crippen LogP contribution in [0.1, 0.15) is 25.3 Å². The molecule has 3 N–H and O–H groups in total. The first kappa shape index (κ1) is 15.4. The topological polar surface area (TPSA) is 75.4 Å². The van der Waals surface area contributed by atoms with E-state index in [0.29, 0.717) is 6.04 Å². The summed E-state index contributed by atoms with van der Waals surface area (Å²) in [4.78, 5) is 2.62. The molecule has 1 saturated heterocycles. The summed E-state index contributed by atoms with van der Waals surface area (Å²) < 4.78 is 22.3. The molecule has 0 atom stereocenters. The zero-order chi connectivity index (χ0) is 14.6. The number of nitrogens with one attached hydrogen (secondary N) is 1. The Morgan fingerprint density at radius 3 is 2.35 bits per heavy atom. The number of likely N-dealkylation sites (tertiary alicyclic amines) is 1. The van der Waals surface area contributed by atoms with E-state index >= 15 is 0 Å². The van der Waals surface area contributed by atoms with Crippen LogP contribution in [-0.4, -0.2) is 39.0 Å². The molecule has 0 spiro atoms. The van der Waals surface area contributed by atoms with Gasteiger partial charge in [0.25, 0.3) is 0 Å². The molecular formula is C14H23N3O2S. The van der Waals surface area contributed by atoms with Gasteiger partial charge in [-0.15, -0.1) is 0 Å². The molecule has 0 amide bonds. The molecule has 0 unspecified atom stereocenters. The second-order valence-corrected chi connectivity index (χ2v) is 6.84. The standard InChI is InChI=1S/C14H23N3O2S/c1-2-17-9-7-13(8-10-17)16-11-12-3-5-14(6-4-12)20(15,18)19/h3-6,13,16H,2,7-11H2,1H3,(H2,15,18,19). The Bertz CT molecular complexity index is 520. The van der Waals surface area contributed by atoms with Crippen LogP contribution >= 0.6 is 0 Å². The molecule has 0 radical (unpaired) electrons. The van der Waals surface area contributed by atoms with E-state index in [4.69, 9.17) is 5.14 Å². The van der Waals surface area contributed by atoms with Crippen molar-refractivity contribution in [1.82, 2.24) is 10.2 Å². The number of rotatable bonds is 5. The highest BCUT2D eigenvalue weighted by molar-refractivity contribution is 7.89. The highest BCUT2D eigenvalue weighted by atomic mass is 32.2. The second kappa shape index (κ2) is 6.67. The molecule has 6 heteroatoms. The van der Waals surface area contributed by atoms with Crippen molar-refractivity contribution in [1.29, 1.82) is 0 Å². The van der Waals surface area contributed by atoms with Crippen molar-refractivity contribution >= 4 is 10.0 Å². The molecule has 112 valence electrons. The monoisotopic (exact) mass is 297 g/mol. The number of nitrogens with zero attached hydrogens (tertiary/aromatic N) is 1. The van der Waals surface area contributed by atoms with E-state index in [1.807, 2.05) is 12.1 Å². The average Bonchev–Trinajstić information content (AvgIpc) is 2.45. The lowest BCUT2D eigenvalue weighted by molar-refractivity contribution is 0.206. The van der Waals surface area contributed by atoms with Gasteiger partial charge in [0.2, 0.25) is 10.0 Å². The van der Waals surface area contributed by atoms with Crippen molar-refractivity contribution in [2.45, 2.75) is 37.2 Å². The van der Waals surface area contributed by atoms with Gasteiger partial charge in [-0.2, -0.15) is 0 Å². The quantitative estimate of drug-likeness (QED) is 0.847. The van der Waals surface area contributed by atoms with Crippen molar-refractivity contribution in [2.24, 2.45) is 5.14 Å². The molecule has 0 saturated carbocycles. The SMILES string of the molecule is CCN1CCC(NCc2ccc(S(N)(=O)=O)cc2)CC1. The van der Waals surface area contributed by atoms with Gasteiger partial charge in [-0.25, -0.2) is 13.6 Å². The molecule has 1 aromatic rings. The largest absolute Gasteiger partial charge is 0.310 e. The molecule has 1 fully saturated rings. The first-order valence-electron chi connectivity index (χ1n) is 7.06. The molecule has 0 aliphatic carbocycles. The molecule has 2 rings (SSSR count). The van der Waals surface area contributed by atoms with E-state index in [2.05, 4.69) is 17.1 Å². The lowest BCUT2D eigenvalue weighted by Gasteiger charge is -2.31. The third-order valence-electron chi connectivity index (χ3n) is 3.88. The molecule has 5 nitrogen and oxygen atoms in total. The summed E-state index contributed by atoms with van der Waals surface area (Å²) in [6, 6.07) is 7.30. The summed E-state index contributed by atoms with van der Waals surface area (Å²) >= 11 is 0. The molecule has 1 aromatic carbocycles. The van der Waals surface area contributed by atoms with Crippen molar-refractivity contribution < 1.29 is 8.42 Å². The maximum Gasteiger partial charge on any atom is 0.238 e. The van der Waals surface area contributed by atoms with E-state index in [1.54, 1.807) is 12.1 Å². The molecule has 0 aromatic heterocycles. The first-order chi connectivity index (χ1) is 9.49. The minimum absolute atomic E-state index is 0.164. The summed E-state index contributed by atoms with van der Waals surface area (Å²) in [7, 11) is -3.59. The Hall–Kier alpha value is -0.950. The minimum atomic E-state index is -3.59. The fraction of sp³-hybridized carbons (Fsp3) is 0.571. The Balaban J connectivity index is 1.83. The highest BCUT2D eigenvalue weighted by Crippen LogP contribution is 2.12. The predicted octanol–water partition coefficient (Wildman–Crippen LogP) is 0.908. The number of hydrogen-bond acceptors (Lipinski definition) is 4. The van der Waals surface area contributed by atoms with Gasteiger partial charge in [-0.3, -0.25) is 0 Å². The van der Waals surface area contributed by atoms with Crippen LogP contribution in [0, 0.1) is 0 Å². The number of sulfonamides is 1. The van der Waals surface area contributed by atoms with E-state index in [9.17, 15) is 8.42 Å². The van der Waals surface area contributed by atoms with Crippen LogP contribution in [0.15, 0.2) is 29.2 Å². The molecule has 1 aliphatic rings. The van der Waals surface area contributed by atoms with E-state index in [-0.39, 0.29) is 4.90 Å². The van der Waals surface area contributed by atoms with Crippen LogP contribution in [0.4, 0.5) is 0 Å².